The molecule has 108 valence electrons. The van der Waals surface area contributed by atoms with Gasteiger partial charge >= 0.3 is 5.76 Å². The van der Waals surface area contributed by atoms with Crippen molar-refractivity contribution in [3.8, 4) is 0 Å². The fourth-order valence-electron chi connectivity index (χ4n) is 2.63. The summed E-state index contributed by atoms with van der Waals surface area (Å²) >= 11 is 0. The molecule has 1 heterocycles. The van der Waals surface area contributed by atoms with Gasteiger partial charge in [-0.3, -0.25) is 4.57 Å². The minimum Gasteiger partial charge on any atom is -0.408 e. The molecule has 0 fully saturated rings. The summed E-state index contributed by atoms with van der Waals surface area (Å²) in [6.07, 6.45) is 0. The molecule has 0 spiro atoms. The number of rotatable bonds is 3. The van der Waals surface area contributed by atoms with Crippen LogP contribution in [0.1, 0.15) is 29.7 Å². The Balaban J connectivity index is 2.07. The lowest BCUT2D eigenvalue weighted by molar-refractivity contribution is 0.513. The summed E-state index contributed by atoms with van der Waals surface area (Å²) in [6.45, 7) is 4.55. The van der Waals surface area contributed by atoms with Gasteiger partial charge in [0.05, 0.1) is 11.6 Å². The maximum Gasteiger partial charge on any atom is 0.419 e. The van der Waals surface area contributed by atoms with Crippen LogP contribution in [-0.2, 0) is 6.54 Å². The van der Waals surface area contributed by atoms with Crippen LogP contribution in [0.3, 0.4) is 0 Å². The number of hydrogen-bond donors (Lipinski definition) is 1. The second-order valence-corrected chi connectivity index (χ2v) is 5.23. The van der Waals surface area contributed by atoms with Crippen LogP contribution in [0.4, 0.5) is 0 Å². The van der Waals surface area contributed by atoms with Gasteiger partial charge in [0, 0.05) is 6.54 Å². The Labute approximate surface area is 122 Å². The van der Waals surface area contributed by atoms with Gasteiger partial charge in [-0.1, -0.05) is 35.9 Å². The van der Waals surface area contributed by atoms with Gasteiger partial charge in [0.2, 0.25) is 0 Å². The van der Waals surface area contributed by atoms with Gasteiger partial charge in [0.1, 0.15) is 0 Å². The molecule has 1 atom stereocenters. The Hall–Kier alpha value is -2.33. The van der Waals surface area contributed by atoms with Crippen LogP contribution in [0.25, 0.3) is 11.1 Å². The second-order valence-electron chi connectivity index (χ2n) is 5.23. The molecule has 0 saturated carbocycles. The van der Waals surface area contributed by atoms with Crippen molar-refractivity contribution in [2.45, 2.75) is 26.4 Å². The molecule has 4 heteroatoms. The summed E-state index contributed by atoms with van der Waals surface area (Å²) in [5.74, 6) is -0.325. The number of benzene rings is 2. The monoisotopic (exact) mass is 282 g/mol. The number of oxazole rings is 1. The minimum atomic E-state index is -0.325. The van der Waals surface area contributed by atoms with E-state index in [9.17, 15) is 4.79 Å². The van der Waals surface area contributed by atoms with Crippen molar-refractivity contribution in [1.29, 1.82) is 0 Å². The van der Waals surface area contributed by atoms with E-state index in [1.54, 1.807) is 4.57 Å². The molecule has 1 unspecified atom stereocenters. The van der Waals surface area contributed by atoms with Crippen molar-refractivity contribution in [1.82, 2.24) is 4.57 Å². The van der Waals surface area contributed by atoms with Crippen LogP contribution in [0.15, 0.2) is 51.7 Å². The van der Waals surface area contributed by atoms with Gasteiger partial charge < -0.3 is 10.2 Å². The first-order valence-electron chi connectivity index (χ1n) is 7.05. The molecule has 0 aliphatic rings. The molecule has 2 aromatic carbocycles. The number of nitrogens with two attached hydrogens (primary N) is 1. The van der Waals surface area contributed by atoms with E-state index < -0.39 is 0 Å². The first-order valence-corrected chi connectivity index (χ1v) is 7.05. The number of aryl methyl sites for hydroxylation is 2. The lowest BCUT2D eigenvalue weighted by atomic mass is 9.98. The van der Waals surface area contributed by atoms with Crippen LogP contribution in [0, 0.1) is 6.92 Å². The molecule has 3 rings (SSSR count). The lowest BCUT2D eigenvalue weighted by Crippen LogP contribution is -2.12. The molecule has 4 nitrogen and oxygen atoms in total. The smallest absolute Gasteiger partial charge is 0.408 e. The Morgan fingerprint density at radius 3 is 2.67 bits per heavy atom. The Morgan fingerprint density at radius 1 is 1.19 bits per heavy atom. The molecule has 0 aliphatic carbocycles. The molecule has 0 bridgehead atoms. The summed E-state index contributed by atoms with van der Waals surface area (Å²) in [5.41, 5.74) is 10.9. The van der Waals surface area contributed by atoms with Crippen molar-refractivity contribution in [2.75, 3.05) is 0 Å². The summed E-state index contributed by atoms with van der Waals surface area (Å²) in [4.78, 5) is 11.7. The van der Waals surface area contributed by atoms with E-state index in [4.69, 9.17) is 10.2 Å². The van der Waals surface area contributed by atoms with E-state index in [1.165, 1.54) is 5.56 Å². The Kier molecular flexibility index (Phi) is 3.39. The summed E-state index contributed by atoms with van der Waals surface area (Å²) in [7, 11) is 0. The highest BCUT2D eigenvalue weighted by molar-refractivity contribution is 5.74. The topological polar surface area (TPSA) is 61.2 Å². The first-order chi connectivity index (χ1) is 10.1. The summed E-state index contributed by atoms with van der Waals surface area (Å²) in [6, 6.07) is 13.6. The maximum absolute atomic E-state index is 11.7. The predicted molar refractivity (Wildman–Crippen MR) is 83.4 cm³/mol. The molecule has 1 aromatic heterocycles. The van der Waals surface area contributed by atoms with Crippen LogP contribution < -0.4 is 11.5 Å². The maximum atomic E-state index is 11.7. The van der Waals surface area contributed by atoms with E-state index >= 15 is 0 Å². The number of aromatic nitrogens is 1. The van der Waals surface area contributed by atoms with Gasteiger partial charge in [-0.15, -0.1) is 0 Å². The molecule has 0 radical (unpaired) electrons. The third-order valence-electron chi connectivity index (χ3n) is 3.77. The van der Waals surface area contributed by atoms with E-state index in [0.717, 1.165) is 16.6 Å². The average Bonchev–Trinajstić information content (AvgIpc) is 2.80. The molecular weight excluding hydrogens is 264 g/mol. The van der Waals surface area contributed by atoms with Gasteiger partial charge in [-0.05, 0) is 37.1 Å². The number of hydrogen-bond acceptors (Lipinski definition) is 3. The third-order valence-corrected chi connectivity index (χ3v) is 3.77. The molecular formula is C17H18N2O2. The van der Waals surface area contributed by atoms with E-state index in [0.29, 0.717) is 12.1 Å². The van der Waals surface area contributed by atoms with Gasteiger partial charge in [-0.25, -0.2) is 4.79 Å². The second kappa shape index (κ2) is 5.22. The van der Waals surface area contributed by atoms with E-state index in [1.807, 2.05) is 50.2 Å². The lowest BCUT2D eigenvalue weighted by Gasteiger charge is -2.13. The molecule has 0 amide bonds. The van der Waals surface area contributed by atoms with Gasteiger partial charge in [0.25, 0.3) is 0 Å². The van der Waals surface area contributed by atoms with Crippen LogP contribution in [0.5, 0.6) is 0 Å². The minimum absolute atomic E-state index is 0.232. The first kappa shape index (κ1) is 13.6. The average molecular weight is 282 g/mol. The largest absolute Gasteiger partial charge is 0.419 e. The SMILES string of the molecule is CCn1c(=O)oc2cc(C(N)c3cccc(C)c3)ccc21. The van der Waals surface area contributed by atoms with Gasteiger partial charge in [0.15, 0.2) is 5.58 Å². The fraction of sp³-hybridized carbons (Fsp3) is 0.235. The van der Waals surface area contributed by atoms with Crippen LogP contribution >= 0.6 is 0 Å². The van der Waals surface area contributed by atoms with Crippen LogP contribution in [-0.4, -0.2) is 4.57 Å². The van der Waals surface area contributed by atoms with Crippen molar-refractivity contribution in [2.24, 2.45) is 5.73 Å². The van der Waals surface area contributed by atoms with Gasteiger partial charge in [-0.2, -0.15) is 0 Å². The van der Waals surface area contributed by atoms with E-state index in [2.05, 4.69) is 6.07 Å². The van der Waals surface area contributed by atoms with Crippen molar-refractivity contribution in [3.63, 3.8) is 0 Å². The number of nitrogens with zero attached hydrogens (tertiary/aromatic N) is 1. The Bertz CT molecular complexity index is 845. The number of fused-ring (bicyclic) bond motifs is 1. The van der Waals surface area contributed by atoms with Crippen molar-refractivity contribution in [3.05, 3.63) is 69.7 Å². The zero-order valence-electron chi connectivity index (χ0n) is 12.2. The highest BCUT2D eigenvalue weighted by Crippen LogP contribution is 2.24. The zero-order chi connectivity index (χ0) is 15.0. The highest BCUT2D eigenvalue weighted by Gasteiger charge is 2.13. The molecule has 2 N–H and O–H groups in total. The van der Waals surface area contributed by atoms with Crippen molar-refractivity contribution < 1.29 is 4.42 Å². The van der Waals surface area contributed by atoms with E-state index in [-0.39, 0.29) is 11.8 Å². The summed E-state index contributed by atoms with van der Waals surface area (Å²) < 4.78 is 6.90. The molecule has 3 aromatic rings. The van der Waals surface area contributed by atoms with Crippen LogP contribution in [0.2, 0.25) is 0 Å². The highest BCUT2D eigenvalue weighted by atomic mass is 16.4. The standard InChI is InChI=1S/C17H18N2O2/c1-3-19-14-8-7-13(10-15(14)21-17(19)20)16(18)12-6-4-5-11(2)9-12/h4-10,16H,3,18H2,1-2H3. The zero-order valence-corrected chi connectivity index (χ0v) is 12.2. The normalized spacial score (nSPS) is 12.7. The quantitative estimate of drug-likeness (QED) is 0.803. The Morgan fingerprint density at radius 2 is 1.95 bits per heavy atom. The molecule has 0 aliphatic heterocycles. The van der Waals surface area contributed by atoms with Crippen molar-refractivity contribution >= 4 is 11.1 Å². The predicted octanol–water partition coefficient (Wildman–Crippen LogP) is 2.97. The molecule has 21 heavy (non-hydrogen) atoms. The summed E-state index contributed by atoms with van der Waals surface area (Å²) in [5, 5.41) is 0. The molecule has 0 saturated heterocycles. The fourth-order valence-corrected chi connectivity index (χ4v) is 2.63. The third kappa shape index (κ3) is 2.38.